The SMILES string of the molecule is C=CC(=O)CC(C)(C)S(=O)(=O)ON. The molecule has 0 bridgehead atoms. The minimum absolute atomic E-state index is 0.198. The molecule has 13 heavy (non-hydrogen) atoms. The molecule has 0 rings (SSSR count). The van der Waals surface area contributed by atoms with Crippen LogP contribution in [0.5, 0.6) is 0 Å². The zero-order valence-electron chi connectivity index (χ0n) is 7.61. The van der Waals surface area contributed by atoms with Crippen molar-refractivity contribution in [1.29, 1.82) is 0 Å². The molecule has 0 aromatic heterocycles. The monoisotopic (exact) mass is 207 g/mol. The average Bonchev–Trinajstić information content (AvgIpc) is 2.03. The first-order valence-corrected chi connectivity index (χ1v) is 4.96. The number of allylic oxidation sites excluding steroid dienone is 1. The van der Waals surface area contributed by atoms with Crippen LogP contribution in [-0.2, 0) is 19.2 Å². The predicted molar refractivity (Wildman–Crippen MR) is 48.1 cm³/mol. The third kappa shape index (κ3) is 2.91. The summed E-state index contributed by atoms with van der Waals surface area (Å²) in [5, 5.41) is 0. The number of ketones is 1. The molecule has 0 aliphatic heterocycles. The van der Waals surface area contributed by atoms with Crippen LogP contribution in [0.4, 0.5) is 0 Å². The van der Waals surface area contributed by atoms with Gasteiger partial charge >= 0.3 is 0 Å². The summed E-state index contributed by atoms with van der Waals surface area (Å²) in [6.07, 6.45) is 0.865. The van der Waals surface area contributed by atoms with Gasteiger partial charge in [-0.3, -0.25) is 4.79 Å². The van der Waals surface area contributed by atoms with E-state index in [2.05, 4.69) is 16.8 Å². The maximum absolute atomic E-state index is 11.1. The second-order valence-corrected chi connectivity index (χ2v) is 5.36. The van der Waals surface area contributed by atoms with Gasteiger partial charge in [-0.25, -0.2) is 0 Å². The maximum Gasteiger partial charge on any atom is 0.288 e. The Hall–Kier alpha value is -0.720. The Morgan fingerprint density at radius 2 is 2.08 bits per heavy atom. The van der Waals surface area contributed by atoms with Crippen molar-refractivity contribution in [1.82, 2.24) is 0 Å². The number of hydrogen-bond acceptors (Lipinski definition) is 5. The van der Waals surface area contributed by atoms with E-state index in [1.165, 1.54) is 13.8 Å². The minimum atomic E-state index is -3.89. The molecule has 76 valence electrons. The summed E-state index contributed by atoms with van der Waals surface area (Å²) < 4.78 is 24.8. The molecule has 0 saturated carbocycles. The van der Waals surface area contributed by atoms with E-state index in [4.69, 9.17) is 0 Å². The van der Waals surface area contributed by atoms with Gasteiger partial charge in [-0.05, 0) is 19.9 Å². The van der Waals surface area contributed by atoms with Gasteiger partial charge in [0, 0.05) is 6.42 Å². The summed E-state index contributed by atoms with van der Waals surface area (Å²) >= 11 is 0. The number of rotatable bonds is 5. The summed E-state index contributed by atoms with van der Waals surface area (Å²) in [6.45, 7) is 5.95. The largest absolute Gasteiger partial charge is 0.295 e. The standard InChI is InChI=1S/C7H13NO4S/c1-4-6(9)5-7(2,3)13(10,11)12-8/h4H,1,5,8H2,2-3H3. The van der Waals surface area contributed by atoms with Crippen molar-refractivity contribution >= 4 is 15.9 Å². The third-order valence-electron chi connectivity index (χ3n) is 1.63. The second kappa shape index (κ2) is 3.99. The fourth-order valence-corrected chi connectivity index (χ4v) is 1.29. The average molecular weight is 207 g/mol. The fraction of sp³-hybridized carbons (Fsp3) is 0.571. The highest BCUT2D eigenvalue weighted by Crippen LogP contribution is 2.21. The molecule has 2 N–H and O–H groups in total. The summed E-state index contributed by atoms with van der Waals surface area (Å²) in [4.78, 5) is 10.9. The van der Waals surface area contributed by atoms with Gasteiger partial charge in [0.1, 0.15) is 4.75 Å². The lowest BCUT2D eigenvalue weighted by atomic mass is 10.1. The van der Waals surface area contributed by atoms with Gasteiger partial charge in [0.15, 0.2) is 5.78 Å². The lowest BCUT2D eigenvalue weighted by Crippen LogP contribution is -2.37. The Bertz CT molecular complexity index is 304. The minimum Gasteiger partial charge on any atom is -0.295 e. The van der Waals surface area contributed by atoms with E-state index in [1.54, 1.807) is 0 Å². The Labute approximate surface area is 77.6 Å². The van der Waals surface area contributed by atoms with E-state index >= 15 is 0 Å². The zero-order chi connectivity index (χ0) is 10.7. The van der Waals surface area contributed by atoms with Gasteiger partial charge < -0.3 is 0 Å². The molecule has 0 heterocycles. The molecular formula is C7H13NO4S. The molecule has 0 aliphatic carbocycles. The van der Waals surface area contributed by atoms with Crippen LogP contribution in [0.25, 0.3) is 0 Å². The molecule has 0 fully saturated rings. The number of carbonyl (C=O) groups is 1. The molecule has 0 unspecified atom stereocenters. The van der Waals surface area contributed by atoms with Gasteiger partial charge in [0.05, 0.1) is 0 Å². The summed E-state index contributed by atoms with van der Waals surface area (Å²) in [5.74, 6) is 4.21. The van der Waals surface area contributed by atoms with Crippen LogP contribution >= 0.6 is 0 Å². The zero-order valence-corrected chi connectivity index (χ0v) is 8.43. The highest BCUT2D eigenvalue weighted by molar-refractivity contribution is 7.88. The van der Waals surface area contributed by atoms with Crippen molar-refractivity contribution in [3.05, 3.63) is 12.7 Å². The van der Waals surface area contributed by atoms with Gasteiger partial charge in [0.25, 0.3) is 10.1 Å². The number of hydrogen-bond donors (Lipinski definition) is 1. The molecule has 0 atom stereocenters. The molecule has 0 aromatic carbocycles. The van der Waals surface area contributed by atoms with Crippen LogP contribution in [0.1, 0.15) is 20.3 Å². The quantitative estimate of drug-likeness (QED) is 0.511. The van der Waals surface area contributed by atoms with Crippen LogP contribution in [0, 0.1) is 0 Å². The predicted octanol–water partition coefficient (Wildman–Crippen LogP) is 0.130. The van der Waals surface area contributed by atoms with E-state index in [-0.39, 0.29) is 12.2 Å². The first kappa shape index (κ1) is 12.3. The Morgan fingerprint density at radius 1 is 1.62 bits per heavy atom. The van der Waals surface area contributed by atoms with Gasteiger partial charge in [-0.2, -0.15) is 18.6 Å². The van der Waals surface area contributed by atoms with Crippen LogP contribution in [-0.4, -0.2) is 18.9 Å². The maximum atomic E-state index is 11.1. The molecule has 0 spiro atoms. The highest BCUT2D eigenvalue weighted by atomic mass is 32.2. The Balaban J connectivity index is 4.78. The molecule has 0 aliphatic rings. The van der Waals surface area contributed by atoms with Gasteiger partial charge in [-0.1, -0.05) is 6.58 Å². The topological polar surface area (TPSA) is 86.5 Å². The van der Waals surface area contributed by atoms with E-state index in [9.17, 15) is 13.2 Å². The molecule has 5 nitrogen and oxygen atoms in total. The van der Waals surface area contributed by atoms with Crippen molar-refractivity contribution < 1.29 is 17.5 Å². The molecule has 0 radical (unpaired) electrons. The summed E-state index contributed by atoms with van der Waals surface area (Å²) in [6, 6.07) is 0. The molecule has 0 amide bonds. The van der Waals surface area contributed by atoms with Crippen LogP contribution in [0.2, 0.25) is 0 Å². The van der Waals surface area contributed by atoms with Crippen molar-refractivity contribution in [3.8, 4) is 0 Å². The second-order valence-electron chi connectivity index (χ2n) is 3.16. The smallest absolute Gasteiger partial charge is 0.288 e. The molecular weight excluding hydrogens is 194 g/mol. The first-order valence-electron chi connectivity index (χ1n) is 3.55. The lowest BCUT2D eigenvalue weighted by Gasteiger charge is -2.20. The van der Waals surface area contributed by atoms with Gasteiger partial charge in [0.2, 0.25) is 0 Å². The van der Waals surface area contributed by atoms with E-state index in [0.29, 0.717) is 0 Å². The van der Waals surface area contributed by atoms with Crippen LogP contribution in [0.3, 0.4) is 0 Å². The van der Waals surface area contributed by atoms with Gasteiger partial charge in [-0.15, -0.1) is 0 Å². The van der Waals surface area contributed by atoms with E-state index in [0.717, 1.165) is 6.08 Å². The lowest BCUT2D eigenvalue weighted by molar-refractivity contribution is -0.115. The van der Waals surface area contributed by atoms with Crippen LogP contribution in [0.15, 0.2) is 12.7 Å². The van der Waals surface area contributed by atoms with Crippen molar-refractivity contribution in [2.45, 2.75) is 25.0 Å². The highest BCUT2D eigenvalue weighted by Gasteiger charge is 2.36. The van der Waals surface area contributed by atoms with E-state index < -0.39 is 14.9 Å². The summed E-state index contributed by atoms with van der Waals surface area (Å²) in [7, 11) is -3.89. The van der Waals surface area contributed by atoms with E-state index in [1.807, 2.05) is 0 Å². The molecule has 6 heteroatoms. The Kier molecular flexibility index (Phi) is 3.77. The number of carbonyl (C=O) groups excluding carboxylic acids is 1. The fourth-order valence-electron chi connectivity index (χ4n) is 0.710. The van der Waals surface area contributed by atoms with Crippen LogP contribution < -0.4 is 5.90 Å². The molecule has 0 aromatic rings. The summed E-state index contributed by atoms with van der Waals surface area (Å²) in [5.41, 5.74) is 0. The molecule has 0 saturated heterocycles. The van der Waals surface area contributed by atoms with Crippen molar-refractivity contribution in [2.75, 3.05) is 0 Å². The first-order chi connectivity index (χ1) is 5.77. The normalized spacial score (nSPS) is 12.5. The van der Waals surface area contributed by atoms with Crippen molar-refractivity contribution in [2.24, 2.45) is 5.90 Å². The number of nitrogens with two attached hydrogens (primary N) is 1. The Morgan fingerprint density at radius 3 is 2.38 bits per heavy atom. The van der Waals surface area contributed by atoms with Crippen molar-refractivity contribution in [3.63, 3.8) is 0 Å². The third-order valence-corrected chi connectivity index (χ3v) is 3.38.